The molecule has 4 rings (SSSR count). The van der Waals surface area contributed by atoms with Crippen molar-refractivity contribution in [1.82, 2.24) is 14.8 Å². The van der Waals surface area contributed by atoms with E-state index < -0.39 is 0 Å². The summed E-state index contributed by atoms with van der Waals surface area (Å²) in [7, 11) is 2.15. The van der Waals surface area contributed by atoms with E-state index in [1.807, 2.05) is 59.3 Å². The smallest absolute Gasteiger partial charge is 0.240 e. The SMILES string of the molecule is CN(CCOc1cccc(CNC(=O)Cn2ccc3ccc(Cl)cc32)c1)C1CCOCC1. The Hall–Kier alpha value is -2.54. The summed E-state index contributed by atoms with van der Waals surface area (Å²) < 4.78 is 13.3. The van der Waals surface area contributed by atoms with Crippen molar-refractivity contribution in [2.75, 3.05) is 33.4 Å². The fourth-order valence-corrected chi connectivity index (χ4v) is 4.23. The Morgan fingerprint density at radius 2 is 2.06 bits per heavy atom. The summed E-state index contributed by atoms with van der Waals surface area (Å²) in [5, 5.41) is 4.72. The highest BCUT2D eigenvalue weighted by Gasteiger charge is 2.18. The summed E-state index contributed by atoms with van der Waals surface area (Å²) in [5.74, 6) is 0.773. The van der Waals surface area contributed by atoms with Gasteiger partial charge in [-0.15, -0.1) is 0 Å². The first-order valence-electron chi connectivity index (χ1n) is 11.1. The number of aromatic nitrogens is 1. The average Bonchev–Trinajstić information content (AvgIpc) is 3.20. The molecule has 1 saturated heterocycles. The Kier molecular flexibility index (Phi) is 7.68. The van der Waals surface area contributed by atoms with E-state index in [9.17, 15) is 4.79 Å². The van der Waals surface area contributed by atoms with E-state index in [0.717, 1.165) is 54.8 Å². The Balaban J connectivity index is 1.24. The van der Waals surface area contributed by atoms with Crippen LogP contribution in [-0.4, -0.2) is 54.8 Å². The largest absolute Gasteiger partial charge is 0.492 e. The molecule has 0 unspecified atom stereocenters. The van der Waals surface area contributed by atoms with Crippen LogP contribution < -0.4 is 10.1 Å². The maximum atomic E-state index is 12.5. The number of ether oxygens (including phenoxy) is 2. The molecular weight excluding hydrogens is 426 g/mol. The quantitative estimate of drug-likeness (QED) is 0.527. The van der Waals surface area contributed by atoms with E-state index >= 15 is 0 Å². The Morgan fingerprint density at radius 1 is 1.22 bits per heavy atom. The fraction of sp³-hybridized carbons (Fsp3) is 0.400. The number of carbonyl (C=O) groups excluding carboxylic acids is 1. The van der Waals surface area contributed by atoms with Crippen molar-refractivity contribution in [3.63, 3.8) is 0 Å². The maximum Gasteiger partial charge on any atom is 0.240 e. The van der Waals surface area contributed by atoms with Crippen molar-refractivity contribution in [3.05, 3.63) is 65.3 Å². The summed E-state index contributed by atoms with van der Waals surface area (Å²) in [6.45, 7) is 3.90. The Bertz CT molecular complexity index is 1050. The van der Waals surface area contributed by atoms with Gasteiger partial charge in [0.15, 0.2) is 0 Å². The minimum absolute atomic E-state index is 0.0492. The molecule has 1 fully saturated rings. The zero-order chi connectivity index (χ0) is 22.3. The third kappa shape index (κ3) is 6.03. The highest BCUT2D eigenvalue weighted by atomic mass is 35.5. The standard InChI is InChI=1S/C25H30ClN3O3/c1-28(22-8-12-31-13-9-22)11-14-32-23-4-2-3-19(15-23)17-27-25(30)18-29-10-7-20-5-6-21(26)16-24(20)29/h2-7,10,15-16,22H,8-9,11-14,17-18H2,1H3,(H,27,30). The van der Waals surface area contributed by atoms with Gasteiger partial charge in [-0.2, -0.15) is 0 Å². The van der Waals surface area contributed by atoms with Crippen molar-refractivity contribution >= 4 is 28.4 Å². The van der Waals surface area contributed by atoms with Crippen molar-refractivity contribution in [1.29, 1.82) is 0 Å². The van der Waals surface area contributed by atoms with E-state index in [1.54, 1.807) is 0 Å². The molecule has 2 heterocycles. The van der Waals surface area contributed by atoms with Crippen LogP contribution in [0.15, 0.2) is 54.7 Å². The lowest BCUT2D eigenvalue weighted by molar-refractivity contribution is -0.121. The summed E-state index contributed by atoms with van der Waals surface area (Å²) in [6.07, 6.45) is 4.07. The molecular formula is C25H30ClN3O3. The summed E-state index contributed by atoms with van der Waals surface area (Å²) >= 11 is 6.10. The zero-order valence-electron chi connectivity index (χ0n) is 18.4. The average molecular weight is 456 g/mol. The number of nitrogens with zero attached hydrogens (tertiary/aromatic N) is 2. The molecule has 3 aromatic rings. The van der Waals surface area contributed by atoms with Crippen LogP contribution in [0.1, 0.15) is 18.4 Å². The van der Waals surface area contributed by atoms with Gasteiger partial charge < -0.3 is 19.4 Å². The van der Waals surface area contributed by atoms with Crippen LogP contribution in [0.2, 0.25) is 5.02 Å². The predicted octanol–water partition coefficient (Wildman–Crippen LogP) is 4.10. The molecule has 0 aliphatic carbocycles. The van der Waals surface area contributed by atoms with E-state index in [2.05, 4.69) is 17.3 Å². The van der Waals surface area contributed by atoms with Gasteiger partial charge in [0.2, 0.25) is 5.91 Å². The number of carbonyl (C=O) groups is 1. The van der Waals surface area contributed by atoms with Crippen molar-refractivity contribution in [2.24, 2.45) is 0 Å². The third-order valence-electron chi connectivity index (χ3n) is 5.96. The van der Waals surface area contributed by atoms with Gasteiger partial charge in [-0.1, -0.05) is 29.8 Å². The van der Waals surface area contributed by atoms with Gasteiger partial charge >= 0.3 is 0 Å². The second-order valence-electron chi connectivity index (χ2n) is 8.24. The van der Waals surface area contributed by atoms with Crippen LogP contribution in [0.5, 0.6) is 5.75 Å². The van der Waals surface area contributed by atoms with Gasteiger partial charge in [-0.25, -0.2) is 0 Å². The topological polar surface area (TPSA) is 55.7 Å². The van der Waals surface area contributed by atoms with Crippen LogP contribution >= 0.6 is 11.6 Å². The molecule has 0 radical (unpaired) electrons. The number of amides is 1. The van der Waals surface area contributed by atoms with E-state index in [0.29, 0.717) is 24.2 Å². The molecule has 1 aliphatic rings. The van der Waals surface area contributed by atoms with Crippen LogP contribution in [0.4, 0.5) is 0 Å². The van der Waals surface area contributed by atoms with Gasteiger partial charge in [0.05, 0.1) is 0 Å². The Labute approximate surface area is 194 Å². The van der Waals surface area contributed by atoms with Gasteiger partial charge in [0, 0.05) is 49.1 Å². The highest BCUT2D eigenvalue weighted by Crippen LogP contribution is 2.20. The zero-order valence-corrected chi connectivity index (χ0v) is 19.2. The van der Waals surface area contributed by atoms with E-state index in [-0.39, 0.29) is 12.5 Å². The molecule has 32 heavy (non-hydrogen) atoms. The number of nitrogens with one attached hydrogen (secondary N) is 1. The van der Waals surface area contributed by atoms with Crippen LogP contribution in [0, 0.1) is 0 Å². The molecule has 0 atom stereocenters. The number of fused-ring (bicyclic) bond motifs is 1. The molecule has 2 aromatic carbocycles. The van der Waals surface area contributed by atoms with E-state index in [4.69, 9.17) is 21.1 Å². The maximum absolute atomic E-state index is 12.5. The van der Waals surface area contributed by atoms with Crippen LogP contribution in [0.25, 0.3) is 10.9 Å². The fourth-order valence-electron chi connectivity index (χ4n) is 4.07. The Morgan fingerprint density at radius 3 is 2.91 bits per heavy atom. The minimum atomic E-state index is -0.0492. The van der Waals surface area contributed by atoms with Gasteiger partial charge in [-0.3, -0.25) is 9.69 Å². The second kappa shape index (κ2) is 10.9. The number of benzene rings is 2. The number of hydrogen-bond donors (Lipinski definition) is 1. The molecule has 0 bridgehead atoms. The lowest BCUT2D eigenvalue weighted by atomic mass is 10.1. The van der Waals surface area contributed by atoms with Crippen LogP contribution in [-0.2, 0) is 22.6 Å². The highest BCUT2D eigenvalue weighted by molar-refractivity contribution is 6.31. The van der Waals surface area contributed by atoms with Crippen molar-refractivity contribution in [2.45, 2.75) is 32.0 Å². The number of halogens is 1. The van der Waals surface area contributed by atoms with Gasteiger partial charge in [-0.05, 0) is 61.2 Å². The number of hydrogen-bond acceptors (Lipinski definition) is 4. The second-order valence-corrected chi connectivity index (χ2v) is 8.68. The normalized spacial score (nSPS) is 14.7. The van der Waals surface area contributed by atoms with Crippen molar-refractivity contribution in [3.8, 4) is 5.75 Å². The van der Waals surface area contributed by atoms with Crippen LogP contribution in [0.3, 0.4) is 0 Å². The number of likely N-dealkylation sites (N-methyl/N-ethyl adjacent to an activating group) is 1. The molecule has 7 heteroatoms. The number of rotatable bonds is 9. The summed E-state index contributed by atoms with van der Waals surface area (Å²) in [4.78, 5) is 14.8. The molecule has 1 aliphatic heterocycles. The summed E-state index contributed by atoms with van der Waals surface area (Å²) in [5.41, 5.74) is 1.96. The lowest BCUT2D eigenvalue weighted by Gasteiger charge is -2.31. The predicted molar refractivity (Wildman–Crippen MR) is 127 cm³/mol. The third-order valence-corrected chi connectivity index (χ3v) is 6.20. The summed E-state index contributed by atoms with van der Waals surface area (Å²) in [6, 6.07) is 16.1. The molecule has 170 valence electrons. The van der Waals surface area contributed by atoms with E-state index in [1.165, 1.54) is 0 Å². The first-order valence-corrected chi connectivity index (χ1v) is 11.5. The molecule has 1 aromatic heterocycles. The molecule has 1 amide bonds. The lowest BCUT2D eigenvalue weighted by Crippen LogP contribution is -2.38. The monoisotopic (exact) mass is 455 g/mol. The molecule has 1 N–H and O–H groups in total. The van der Waals surface area contributed by atoms with Crippen molar-refractivity contribution < 1.29 is 14.3 Å². The first kappa shape index (κ1) is 22.6. The molecule has 0 saturated carbocycles. The molecule has 0 spiro atoms. The van der Waals surface area contributed by atoms with Gasteiger partial charge in [0.25, 0.3) is 0 Å². The minimum Gasteiger partial charge on any atom is -0.492 e. The van der Waals surface area contributed by atoms with Gasteiger partial charge in [0.1, 0.15) is 18.9 Å². The first-order chi connectivity index (χ1) is 15.6. The molecule has 6 nitrogen and oxygen atoms in total.